The van der Waals surface area contributed by atoms with Crippen molar-refractivity contribution in [1.82, 2.24) is 4.98 Å². The lowest BCUT2D eigenvalue weighted by atomic mass is 10.1. The number of benzene rings is 2. The number of ketones is 1. The van der Waals surface area contributed by atoms with Gasteiger partial charge in [0.25, 0.3) is 5.56 Å². The van der Waals surface area contributed by atoms with E-state index in [1.54, 1.807) is 24.3 Å². The monoisotopic (exact) mass is 369 g/mol. The van der Waals surface area contributed by atoms with E-state index >= 15 is 0 Å². The molecule has 1 aromatic heterocycles. The molecule has 0 atom stereocenters. The van der Waals surface area contributed by atoms with Crippen LogP contribution >= 0.6 is 22.9 Å². The summed E-state index contributed by atoms with van der Waals surface area (Å²) in [7, 11) is 0. The van der Waals surface area contributed by atoms with Crippen LogP contribution in [0.2, 0.25) is 5.02 Å². The number of carbonyl (C=O) groups excluding carboxylic acids is 1. The number of nitrogens with one attached hydrogen (secondary N) is 1. The number of halogens is 1. The molecule has 0 amide bonds. The van der Waals surface area contributed by atoms with Crippen LogP contribution in [0.1, 0.15) is 28.4 Å². The summed E-state index contributed by atoms with van der Waals surface area (Å²) in [6.45, 7) is 2.10. The number of aryl methyl sites for hydroxylation is 1. The van der Waals surface area contributed by atoms with Crippen LogP contribution in [0.4, 0.5) is 0 Å². The predicted octanol–water partition coefficient (Wildman–Crippen LogP) is 3.14. The molecular formula is C20H16ClNO2S. The van der Waals surface area contributed by atoms with Crippen molar-refractivity contribution in [3.8, 4) is 0 Å². The van der Waals surface area contributed by atoms with Gasteiger partial charge in [-0.3, -0.25) is 9.59 Å². The zero-order valence-electron chi connectivity index (χ0n) is 13.6. The number of carbonyl (C=O) groups is 1. The second-order valence-electron chi connectivity index (χ2n) is 5.54. The minimum absolute atomic E-state index is 0.173. The molecule has 0 bridgehead atoms. The molecule has 126 valence electrons. The molecule has 0 aliphatic rings. The third-order valence-electron chi connectivity index (χ3n) is 3.76. The molecule has 0 saturated heterocycles. The van der Waals surface area contributed by atoms with E-state index in [9.17, 15) is 9.59 Å². The van der Waals surface area contributed by atoms with Gasteiger partial charge < -0.3 is 4.98 Å². The van der Waals surface area contributed by atoms with Gasteiger partial charge in [0, 0.05) is 16.7 Å². The van der Waals surface area contributed by atoms with Crippen molar-refractivity contribution < 1.29 is 4.79 Å². The van der Waals surface area contributed by atoms with E-state index in [1.807, 2.05) is 30.3 Å². The summed E-state index contributed by atoms with van der Waals surface area (Å²) in [4.78, 5) is 27.1. The molecule has 1 heterocycles. The Morgan fingerprint density at radius 1 is 1.12 bits per heavy atom. The van der Waals surface area contributed by atoms with Crippen LogP contribution in [0.25, 0.3) is 12.2 Å². The van der Waals surface area contributed by atoms with E-state index in [1.165, 1.54) is 23.0 Å². The zero-order valence-corrected chi connectivity index (χ0v) is 15.2. The highest BCUT2D eigenvalue weighted by atomic mass is 35.5. The molecule has 3 nitrogen and oxygen atoms in total. The van der Waals surface area contributed by atoms with Crippen LogP contribution in [0.15, 0.2) is 53.3 Å². The van der Waals surface area contributed by atoms with Gasteiger partial charge >= 0.3 is 0 Å². The fraction of sp³-hybridized carbons (Fsp3) is 0.100. The van der Waals surface area contributed by atoms with E-state index in [4.69, 9.17) is 11.6 Å². The van der Waals surface area contributed by atoms with Crippen molar-refractivity contribution in [3.05, 3.63) is 89.8 Å². The molecule has 1 N–H and O–H groups in total. The maximum atomic E-state index is 12.3. The smallest absolute Gasteiger partial charge is 0.266 e. The summed E-state index contributed by atoms with van der Waals surface area (Å²) >= 11 is 7.09. The van der Waals surface area contributed by atoms with Crippen molar-refractivity contribution in [3.63, 3.8) is 0 Å². The topological polar surface area (TPSA) is 49.9 Å². The number of thiazole rings is 1. The molecule has 0 spiro atoms. The maximum absolute atomic E-state index is 12.3. The van der Waals surface area contributed by atoms with E-state index in [0.717, 1.165) is 12.0 Å². The van der Waals surface area contributed by atoms with Crippen molar-refractivity contribution in [2.45, 2.75) is 13.3 Å². The van der Waals surface area contributed by atoms with Crippen molar-refractivity contribution in [2.75, 3.05) is 0 Å². The largest absolute Gasteiger partial charge is 0.313 e. The minimum Gasteiger partial charge on any atom is -0.313 e. The van der Waals surface area contributed by atoms with Gasteiger partial charge in [-0.25, -0.2) is 0 Å². The zero-order chi connectivity index (χ0) is 17.8. The Morgan fingerprint density at radius 2 is 1.80 bits per heavy atom. The van der Waals surface area contributed by atoms with Gasteiger partial charge in [-0.15, -0.1) is 11.3 Å². The predicted molar refractivity (Wildman–Crippen MR) is 104 cm³/mol. The number of aromatic amines is 1. The van der Waals surface area contributed by atoms with Gasteiger partial charge in [0.15, 0.2) is 5.78 Å². The molecule has 3 aromatic rings. The van der Waals surface area contributed by atoms with Gasteiger partial charge in [-0.1, -0.05) is 42.8 Å². The third-order valence-corrected chi connectivity index (χ3v) is 4.97. The van der Waals surface area contributed by atoms with Crippen molar-refractivity contribution >= 4 is 40.9 Å². The Morgan fingerprint density at radius 3 is 2.44 bits per heavy atom. The lowest BCUT2D eigenvalue weighted by Crippen LogP contribution is -2.20. The average molecular weight is 370 g/mol. The molecule has 25 heavy (non-hydrogen) atoms. The second-order valence-corrected chi connectivity index (χ2v) is 7.06. The van der Waals surface area contributed by atoms with E-state index in [2.05, 4.69) is 11.9 Å². The lowest BCUT2D eigenvalue weighted by Gasteiger charge is -1.96. The van der Waals surface area contributed by atoms with Crippen LogP contribution in [0, 0.1) is 0 Å². The highest BCUT2D eigenvalue weighted by Gasteiger charge is 2.03. The molecule has 0 aliphatic heterocycles. The molecule has 2 aromatic carbocycles. The molecule has 0 aliphatic carbocycles. The van der Waals surface area contributed by atoms with Crippen LogP contribution in [0.3, 0.4) is 0 Å². The molecule has 0 radical (unpaired) electrons. The van der Waals surface area contributed by atoms with Gasteiger partial charge in [0.1, 0.15) is 0 Å². The van der Waals surface area contributed by atoms with Gasteiger partial charge in [0.2, 0.25) is 0 Å². The number of Topliss-reactive ketones (excluding diaryl/α,β-unsaturated/α-hetero) is 1. The highest BCUT2D eigenvalue weighted by molar-refractivity contribution is 7.07. The van der Waals surface area contributed by atoms with Crippen LogP contribution in [0.5, 0.6) is 0 Å². The summed E-state index contributed by atoms with van der Waals surface area (Å²) in [5.74, 6) is -0.173. The van der Waals surface area contributed by atoms with Gasteiger partial charge in [-0.2, -0.15) is 0 Å². The minimum atomic E-state index is -0.195. The fourth-order valence-electron chi connectivity index (χ4n) is 2.34. The number of hydrogen-bond donors (Lipinski definition) is 1. The number of rotatable bonds is 4. The summed E-state index contributed by atoms with van der Waals surface area (Å²) in [6, 6.07) is 14.7. The maximum Gasteiger partial charge on any atom is 0.266 e. The lowest BCUT2D eigenvalue weighted by molar-refractivity contribution is 0.106. The summed E-state index contributed by atoms with van der Waals surface area (Å²) < 4.78 is 1.10. The molecule has 0 unspecified atom stereocenters. The third kappa shape index (κ3) is 4.35. The second kappa shape index (κ2) is 7.64. The van der Waals surface area contributed by atoms with E-state index in [-0.39, 0.29) is 11.3 Å². The van der Waals surface area contributed by atoms with Crippen LogP contribution in [-0.4, -0.2) is 10.8 Å². The van der Waals surface area contributed by atoms with E-state index in [0.29, 0.717) is 19.8 Å². The Labute approximate surface area is 153 Å². The van der Waals surface area contributed by atoms with Crippen molar-refractivity contribution in [2.24, 2.45) is 0 Å². The first-order valence-corrected chi connectivity index (χ1v) is 9.06. The molecule has 3 rings (SSSR count). The standard InChI is InChI=1S/C20H16ClNO2S/c1-2-13-3-5-14(6-4-13)11-18-20(24)22-19(25-18)12-17(23)15-7-9-16(21)10-8-15/h3-12H,2H2,1H3,(H,22,24)/b18-11-,19-12-. The molecule has 5 heteroatoms. The Kier molecular flexibility index (Phi) is 5.31. The first-order valence-electron chi connectivity index (χ1n) is 7.86. The fourth-order valence-corrected chi connectivity index (χ4v) is 3.35. The summed E-state index contributed by atoms with van der Waals surface area (Å²) in [5, 5.41) is 0.576. The van der Waals surface area contributed by atoms with Gasteiger partial charge in [0.05, 0.1) is 9.20 Å². The summed E-state index contributed by atoms with van der Waals surface area (Å²) in [6.07, 6.45) is 4.24. The highest BCUT2D eigenvalue weighted by Crippen LogP contribution is 2.10. The molecule has 0 saturated carbocycles. The average Bonchev–Trinajstić information content (AvgIpc) is 2.95. The Hall–Kier alpha value is -2.43. The Bertz CT molecular complexity index is 1060. The first-order chi connectivity index (χ1) is 12.0. The van der Waals surface area contributed by atoms with Gasteiger partial charge in [-0.05, 0) is 47.9 Å². The number of aromatic nitrogens is 1. The number of hydrogen-bond acceptors (Lipinski definition) is 3. The number of H-pyrrole nitrogens is 1. The van der Waals surface area contributed by atoms with E-state index < -0.39 is 0 Å². The molecular weight excluding hydrogens is 354 g/mol. The van der Waals surface area contributed by atoms with Crippen LogP contribution < -0.4 is 14.8 Å². The summed E-state index contributed by atoms with van der Waals surface area (Å²) in [5.41, 5.74) is 2.54. The molecule has 0 fully saturated rings. The Balaban J connectivity index is 1.93. The normalized spacial score (nSPS) is 12.6. The van der Waals surface area contributed by atoms with Crippen LogP contribution in [-0.2, 0) is 6.42 Å². The SMILES string of the molecule is CCc1ccc(/C=c2\s/c(=C\C(=O)c3ccc(Cl)cc3)[nH]c2=O)cc1. The first kappa shape index (κ1) is 17.4. The quantitative estimate of drug-likeness (QED) is 0.718. The van der Waals surface area contributed by atoms with Crippen molar-refractivity contribution in [1.29, 1.82) is 0 Å².